The van der Waals surface area contributed by atoms with Crippen LogP contribution in [-0.2, 0) is 31.0 Å². The van der Waals surface area contributed by atoms with Crippen LogP contribution in [0.15, 0.2) is 60.2 Å². The molecular formula is C39H37ClN4O8S. The number of benzene rings is 2. The molecule has 2 aliphatic carbocycles. The number of thiophene rings is 1. The van der Waals surface area contributed by atoms with Crippen molar-refractivity contribution in [3.63, 3.8) is 0 Å². The summed E-state index contributed by atoms with van der Waals surface area (Å²) in [6, 6.07) is 14.7. The average molecular weight is 757 g/mol. The van der Waals surface area contributed by atoms with Gasteiger partial charge in [-0.3, -0.25) is 33.6 Å². The number of aromatic nitrogens is 2. The molecule has 6 atom stereocenters. The number of aryl methyl sites for hydroxylation is 2. The number of amides is 4. The second-order valence-electron chi connectivity index (χ2n) is 14.5. The zero-order valence-electron chi connectivity index (χ0n) is 29.2. The SMILES string of the molecule is Cc1c(-c2cc(N3C(=O)C4CC5C(=CCC6C(=O)N(CCC(=O)O)C(=O)C65)C(c5ccccc5OCCO)C4(C)C3=O)n(C)n2)sc2ccc(Cl)cc12. The Bertz CT molecular complexity index is 2280. The van der Waals surface area contributed by atoms with Crippen LogP contribution in [0.5, 0.6) is 5.75 Å². The van der Waals surface area contributed by atoms with E-state index in [9.17, 15) is 29.4 Å². The Hall–Kier alpha value is -4.85. The number of fused-ring (bicyclic) bond motifs is 5. The van der Waals surface area contributed by atoms with Crippen LogP contribution < -0.4 is 9.64 Å². The van der Waals surface area contributed by atoms with Crippen molar-refractivity contribution in [1.29, 1.82) is 0 Å². The van der Waals surface area contributed by atoms with Crippen LogP contribution in [0.2, 0.25) is 5.02 Å². The number of aliphatic hydroxyl groups excluding tert-OH is 1. The highest BCUT2D eigenvalue weighted by Crippen LogP contribution is 2.64. The molecule has 4 heterocycles. The van der Waals surface area contributed by atoms with Crippen molar-refractivity contribution in [2.24, 2.45) is 36.1 Å². The summed E-state index contributed by atoms with van der Waals surface area (Å²) >= 11 is 7.85. The van der Waals surface area contributed by atoms with Crippen molar-refractivity contribution in [2.45, 2.75) is 39.0 Å². The predicted octanol–water partition coefficient (Wildman–Crippen LogP) is 5.34. The number of para-hydroxylation sites is 1. The van der Waals surface area contributed by atoms with E-state index in [1.165, 1.54) is 9.58 Å². The Morgan fingerprint density at radius 1 is 1.08 bits per heavy atom. The molecule has 4 aromatic rings. The fourth-order valence-electron chi connectivity index (χ4n) is 9.29. The molecule has 6 unspecified atom stereocenters. The molecule has 3 fully saturated rings. The minimum absolute atomic E-state index is 0.00271. The fourth-order valence-corrected chi connectivity index (χ4v) is 10.6. The second-order valence-corrected chi connectivity index (χ2v) is 15.9. The first kappa shape index (κ1) is 35.2. The lowest BCUT2D eigenvalue weighted by molar-refractivity contribution is -0.142. The van der Waals surface area contributed by atoms with E-state index in [1.54, 1.807) is 43.5 Å². The molecule has 14 heteroatoms. The van der Waals surface area contributed by atoms with Gasteiger partial charge >= 0.3 is 5.97 Å². The molecule has 2 N–H and O–H groups in total. The number of ether oxygens (including phenoxy) is 1. The van der Waals surface area contributed by atoms with Crippen LogP contribution in [-0.4, -0.2) is 74.2 Å². The third kappa shape index (κ3) is 5.26. The van der Waals surface area contributed by atoms with E-state index in [0.717, 1.165) is 31.0 Å². The Morgan fingerprint density at radius 3 is 2.60 bits per heavy atom. The van der Waals surface area contributed by atoms with Gasteiger partial charge in [0, 0.05) is 40.9 Å². The van der Waals surface area contributed by atoms with Gasteiger partial charge in [-0.25, -0.2) is 4.90 Å². The second kappa shape index (κ2) is 12.9. The summed E-state index contributed by atoms with van der Waals surface area (Å²) < 4.78 is 8.57. The standard InChI is InChI=1S/C39H37ClN4O8S/c1-19-24-16-20(40)8-11-29(24)53-34(19)27-18-30(42(3)41-27)44-36(49)26-17-25-21(9-10-23-32(25)37(50)43(35(23)48)13-12-31(46)47)33(39(26,2)38(44)51)22-6-4-5-7-28(22)52-15-14-45/h4-9,11,16,18,23,25-26,32-33,45H,10,12-15,17H2,1-3H3,(H,46,47). The van der Waals surface area contributed by atoms with E-state index in [-0.39, 0.29) is 39.0 Å². The highest BCUT2D eigenvalue weighted by Gasteiger charge is 2.68. The van der Waals surface area contributed by atoms with E-state index < -0.39 is 64.6 Å². The molecule has 53 heavy (non-hydrogen) atoms. The van der Waals surface area contributed by atoms with Crippen LogP contribution in [0.3, 0.4) is 0 Å². The highest BCUT2D eigenvalue weighted by molar-refractivity contribution is 7.22. The normalized spacial score (nSPS) is 26.6. The highest BCUT2D eigenvalue weighted by atomic mass is 35.5. The fraction of sp³-hybridized carbons (Fsp3) is 0.385. The van der Waals surface area contributed by atoms with Crippen molar-refractivity contribution < 1.29 is 38.9 Å². The third-order valence-corrected chi connectivity index (χ3v) is 13.2. The maximum atomic E-state index is 15.1. The summed E-state index contributed by atoms with van der Waals surface area (Å²) in [7, 11) is 1.69. The lowest BCUT2D eigenvalue weighted by Gasteiger charge is -2.49. The molecular weight excluding hydrogens is 720 g/mol. The Labute approximate surface area is 313 Å². The van der Waals surface area contributed by atoms with Crippen LogP contribution in [0.25, 0.3) is 20.7 Å². The number of nitrogens with zero attached hydrogens (tertiary/aromatic N) is 4. The smallest absolute Gasteiger partial charge is 0.305 e. The minimum Gasteiger partial charge on any atom is -0.491 e. The van der Waals surface area contributed by atoms with Gasteiger partial charge in [-0.15, -0.1) is 11.3 Å². The molecule has 0 bridgehead atoms. The first-order valence-corrected chi connectivity index (χ1v) is 18.8. The number of carbonyl (C=O) groups is 5. The lowest BCUT2D eigenvalue weighted by Crippen LogP contribution is -2.49. The van der Waals surface area contributed by atoms with Gasteiger partial charge in [-0.1, -0.05) is 41.4 Å². The Balaban J connectivity index is 1.24. The third-order valence-electron chi connectivity index (χ3n) is 11.7. The van der Waals surface area contributed by atoms with Crippen LogP contribution in [0.1, 0.15) is 43.2 Å². The van der Waals surface area contributed by atoms with Gasteiger partial charge in [0.1, 0.15) is 23.9 Å². The number of carboxylic acid groups (broad SMARTS) is 1. The summed E-state index contributed by atoms with van der Waals surface area (Å²) in [5.74, 6) is -5.74. The van der Waals surface area contributed by atoms with E-state index >= 15 is 4.79 Å². The molecule has 2 aliphatic heterocycles. The summed E-state index contributed by atoms with van der Waals surface area (Å²) in [6.07, 6.45) is 1.95. The molecule has 4 aliphatic rings. The van der Waals surface area contributed by atoms with Crippen molar-refractivity contribution >= 4 is 68.4 Å². The van der Waals surface area contributed by atoms with E-state index in [2.05, 4.69) is 0 Å². The first-order chi connectivity index (χ1) is 25.4. The van der Waals surface area contributed by atoms with Gasteiger partial charge in [0.15, 0.2) is 0 Å². The number of likely N-dealkylation sites (tertiary alicyclic amines) is 1. The number of carbonyl (C=O) groups excluding carboxylic acids is 4. The number of hydrogen-bond acceptors (Lipinski definition) is 9. The van der Waals surface area contributed by atoms with E-state index in [1.807, 2.05) is 43.3 Å². The molecule has 4 amide bonds. The van der Waals surface area contributed by atoms with Crippen LogP contribution in [0, 0.1) is 36.0 Å². The van der Waals surface area contributed by atoms with Crippen LogP contribution >= 0.6 is 22.9 Å². The monoisotopic (exact) mass is 756 g/mol. The van der Waals surface area contributed by atoms with Crippen molar-refractivity contribution in [2.75, 3.05) is 24.7 Å². The van der Waals surface area contributed by atoms with Crippen molar-refractivity contribution in [3.8, 4) is 16.3 Å². The maximum Gasteiger partial charge on any atom is 0.305 e. The number of rotatable bonds is 9. The zero-order chi connectivity index (χ0) is 37.5. The number of carboxylic acids is 1. The van der Waals surface area contributed by atoms with Crippen molar-refractivity contribution in [1.82, 2.24) is 14.7 Å². The lowest BCUT2D eigenvalue weighted by atomic mass is 9.51. The number of anilines is 1. The van der Waals surface area contributed by atoms with Gasteiger partial charge in [0.25, 0.3) is 0 Å². The molecule has 2 aromatic heterocycles. The first-order valence-electron chi connectivity index (χ1n) is 17.6. The zero-order valence-corrected chi connectivity index (χ0v) is 30.8. The van der Waals surface area contributed by atoms with Crippen molar-refractivity contribution in [3.05, 3.63) is 76.3 Å². The van der Waals surface area contributed by atoms with Gasteiger partial charge in [0.2, 0.25) is 23.6 Å². The molecule has 0 radical (unpaired) electrons. The summed E-state index contributed by atoms with van der Waals surface area (Å²) in [6.45, 7) is 3.32. The number of aliphatic carboxylic acids is 1. The van der Waals surface area contributed by atoms with E-state index in [4.69, 9.17) is 21.4 Å². The Morgan fingerprint density at radius 2 is 1.85 bits per heavy atom. The summed E-state index contributed by atoms with van der Waals surface area (Å²) in [4.78, 5) is 72.1. The molecule has 1 saturated carbocycles. The average Bonchev–Trinajstić information content (AvgIpc) is 3.80. The number of aliphatic hydroxyl groups is 1. The number of allylic oxidation sites excluding steroid dienone is 2. The molecule has 2 saturated heterocycles. The molecule has 2 aromatic carbocycles. The topological polar surface area (TPSA) is 159 Å². The summed E-state index contributed by atoms with van der Waals surface area (Å²) in [5.41, 5.74) is 1.67. The van der Waals surface area contributed by atoms with Gasteiger partial charge in [-0.05, 0) is 67.8 Å². The number of halogens is 1. The van der Waals surface area contributed by atoms with Gasteiger partial charge in [0.05, 0.1) is 41.1 Å². The molecule has 8 rings (SSSR count). The predicted molar refractivity (Wildman–Crippen MR) is 196 cm³/mol. The van der Waals surface area contributed by atoms with E-state index in [0.29, 0.717) is 27.8 Å². The van der Waals surface area contributed by atoms with Crippen LogP contribution in [0.4, 0.5) is 5.82 Å². The quantitative estimate of drug-likeness (QED) is 0.170. The summed E-state index contributed by atoms with van der Waals surface area (Å²) in [5, 5.41) is 25.3. The number of hydrogen-bond donors (Lipinski definition) is 2. The van der Waals surface area contributed by atoms with Gasteiger partial charge in [-0.2, -0.15) is 5.10 Å². The molecule has 12 nitrogen and oxygen atoms in total. The molecule has 274 valence electrons. The largest absolute Gasteiger partial charge is 0.491 e. The maximum absolute atomic E-state index is 15.1. The minimum atomic E-state index is -1.33. The Kier molecular flexibility index (Phi) is 8.58. The molecule has 0 spiro atoms. The van der Waals surface area contributed by atoms with Gasteiger partial charge < -0.3 is 14.9 Å². The number of imide groups is 2.